The number of anilines is 1. The maximum atomic E-state index is 13.2. The van der Waals surface area contributed by atoms with Gasteiger partial charge in [0.25, 0.3) is 5.91 Å². The molecule has 29 heavy (non-hydrogen) atoms. The van der Waals surface area contributed by atoms with Gasteiger partial charge in [-0.1, -0.05) is 25.1 Å². The van der Waals surface area contributed by atoms with Crippen LogP contribution in [0, 0.1) is 0 Å². The second-order valence-electron chi connectivity index (χ2n) is 7.47. The van der Waals surface area contributed by atoms with Crippen LogP contribution < -0.4 is 14.4 Å². The average Bonchev–Trinajstić information content (AvgIpc) is 3.05. The minimum Gasteiger partial charge on any atom is -0.493 e. The fourth-order valence-corrected chi connectivity index (χ4v) is 4.35. The van der Waals surface area contributed by atoms with Crippen LogP contribution in [0.2, 0.25) is 0 Å². The van der Waals surface area contributed by atoms with Gasteiger partial charge in [-0.2, -0.15) is 0 Å². The molecule has 2 amide bonds. The number of benzene rings is 2. The van der Waals surface area contributed by atoms with Crippen LogP contribution in [-0.4, -0.2) is 43.5 Å². The molecule has 0 spiro atoms. The van der Waals surface area contributed by atoms with Crippen LogP contribution in [0.4, 0.5) is 5.69 Å². The van der Waals surface area contributed by atoms with Gasteiger partial charge >= 0.3 is 0 Å². The molecule has 4 rings (SSSR count). The fraction of sp³-hybridized carbons (Fsp3) is 0.391. The Hall–Kier alpha value is -2.86. The van der Waals surface area contributed by atoms with Crippen molar-refractivity contribution in [2.45, 2.75) is 38.8 Å². The second-order valence-corrected chi connectivity index (χ2v) is 7.47. The maximum absolute atomic E-state index is 13.2. The maximum Gasteiger partial charge on any atom is 0.251 e. The van der Waals surface area contributed by atoms with E-state index in [1.807, 2.05) is 43.3 Å². The van der Waals surface area contributed by atoms with E-state index in [1.54, 1.807) is 14.2 Å². The van der Waals surface area contributed by atoms with Crippen LogP contribution in [-0.2, 0) is 29.0 Å². The van der Waals surface area contributed by atoms with E-state index in [9.17, 15) is 9.59 Å². The van der Waals surface area contributed by atoms with Gasteiger partial charge in [0.1, 0.15) is 0 Å². The van der Waals surface area contributed by atoms with Crippen molar-refractivity contribution in [1.29, 1.82) is 0 Å². The van der Waals surface area contributed by atoms with E-state index in [2.05, 4.69) is 4.90 Å². The van der Waals surface area contributed by atoms with Crippen LogP contribution in [0.5, 0.6) is 11.5 Å². The van der Waals surface area contributed by atoms with Crippen molar-refractivity contribution in [1.82, 2.24) is 4.90 Å². The summed E-state index contributed by atoms with van der Waals surface area (Å²) in [6.45, 7) is 3.38. The molecule has 6 heteroatoms. The zero-order chi connectivity index (χ0) is 20.5. The molecular weight excluding hydrogens is 368 g/mol. The summed E-state index contributed by atoms with van der Waals surface area (Å²) in [6.07, 6.45) is 1.80. The summed E-state index contributed by atoms with van der Waals surface area (Å²) in [5.74, 6) is 1.15. The lowest BCUT2D eigenvalue weighted by molar-refractivity contribution is -0.123. The Morgan fingerprint density at radius 2 is 1.72 bits per heavy atom. The molecule has 1 atom stereocenters. The molecule has 2 aliphatic rings. The van der Waals surface area contributed by atoms with Gasteiger partial charge in [0.05, 0.1) is 32.4 Å². The molecule has 0 aromatic heterocycles. The Labute approximate surface area is 171 Å². The van der Waals surface area contributed by atoms with Crippen molar-refractivity contribution in [2.24, 2.45) is 0 Å². The predicted octanol–water partition coefficient (Wildman–Crippen LogP) is 2.96. The monoisotopic (exact) mass is 394 g/mol. The summed E-state index contributed by atoms with van der Waals surface area (Å²) in [5.41, 5.74) is 4.04. The van der Waals surface area contributed by atoms with Crippen molar-refractivity contribution >= 4 is 17.5 Å². The first-order valence-corrected chi connectivity index (χ1v) is 9.99. The largest absolute Gasteiger partial charge is 0.493 e. The van der Waals surface area contributed by atoms with E-state index in [-0.39, 0.29) is 18.2 Å². The molecule has 2 aromatic carbocycles. The summed E-state index contributed by atoms with van der Waals surface area (Å²) >= 11 is 0. The van der Waals surface area contributed by atoms with E-state index in [1.165, 1.54) is 10.5 Å². The molecule has 0 N–H and O–H groups in total. The van der Waals surface area contributed by atoms with Crippen LogP contribution in [0.1, 0.15) is 30.0 Å². The summed E-state index contributed by atoms with van der Waals surface area (Å²) in [5, 5.41) is 0. The first kappa shape index (κ1) is 19.5. The second kappa shape index (κ2) is 7.87. The molecule has 6 nitrogen and oxygen atoms in total. The number of para-hydroxylation sites is 1. The molecule has 0 saturated carbocycles. The van der Waals surface area contributed by atoms with Gasteiger partial charge in [0.15, 0.2) is 11.5 Å². The zero-order valence-electron chi connectivity index (χ0n) is 17.1. The molecule has 152 valence electrons. The van der Waals surface area contributed by atoms with Crippen LogP contribution in [0.15, 0.2) is 36.4 Å². The fourth-order valence-electron chi connectivity index (χ4n) is 4.35. The molecule has 0 radical (unpaired) electrons. The molecule has 2 aliphatic heterocycles. The van der Waals surface area contributed by atoms with Gasteiger partial charge < -0.3 is 9.47 Å². The highest BCUT2D eigenvalue weighted by Gasteiger charge is 2.43. The first-order valence-electron chi connectivity index (χ1n) is 9.99. The number of rotatable bonds is 5. The van der Waals surface area contributed by atoms with Gasteiger partial charge in [-0.3, -0.25) is 14.5 Å². The highest BCUT2D eigenvalue weighted by Crippen LogP contribution is 2.35. The van der Waals surface area contributed by atoms with E-state index in [4.69, 9.17) is 9.47 Å². The smallest absolute Gasteiger partial charge is 0.251 e. The normalized spacial score (nSPS) is 19.4. The molecule has 0 aliphatic carbocycles. The van der Waals surface area contributed by atoms with Crippen molar-refractivity contribution in [3.05, 3.63) is 53.1 Å². The number of ether oxygens (including phenoxy) is 2. The van der Waals surface area contributed by atoms with Gasteiger partial charge in [-0.15, -0.1) is 0 Å². The molecule has 1 saturated heterocycles. The Morgan fingerprint density at radius 3 is 2.41 bits per heavy atom. The minimum atomic E-state index is -0.423. The lowest BCUT2D eigenvalue weighted by atomic mass is 9.97. The lowest BCUT2D eigenvalue weighted by Crippen LogP contribution is -2.44. The number of methoxy groups -OCH3 is 2. The minimum absolute atomic E-state index is 0.125. The van der Waals surface area contributed by atoms with Gasteiger partial charge in [-0.25, -0.2) is 4.90 Å². The molecular formula is C23H26N2O4. The Balaban J connectivity index is 1.59. The Morgan fingerprint density at radius 1 is 1.03 bits per heavy atom. The van der Waals surface area contributed by atoms with Gasteiger partial charge in [0, 0.05) is 13.1 Å². The van der Waals surface area contributed by atoms with Gasteiger partial charge in [0.2, 0.25) is 5.91 Å². The molecule has 0 unspecified atom stereocenters. The van der Waals surface area contributed by atoms with Crippen LogP contribution in [0.3, 0.4) is 0 Å². The van der Waals surface area contributed by atoms with E-state index < -0.39 is 6.04 Å². The Kier molecular flexibility index (Phi) is 5.28. The predicted molar refractivity (Wildman–Crippen MR) is 110 cm³/mol. The number of carbonyl (C=O) groups is 2. The zero-order valence-corrected chi connectivity index (χ0v) is 17.1. The number of imide groups is 1. The molecule has 2 aromatic rings. The van der Waals surface area contributed by atoms with E-state index >= 15 is 0 Å². The van der Waals surface area contributed by atoms with Crippen molar-refractivity contribution in [3.63, 3.8) is 0 Å². The average molecular weight is 394 g/mol. The third-order valence-corrected chi connectivity index (χ3v) is 5.92. The SMILES string of the molecule is CCc1ccccc1N1C(=O)C[C@@H](N2CCc3cc(OC)c(OC)cc3C2)C1=O. The number of carbonyl (C=O) groups excluding carboxylic acids is 2. The van der Waals surface area contributed by atoms with Crippen LogP contribution >= 0.6 is 0 Å². The topological polar surface area (TPSA) is 59.1 Å². The summed E-state index contributed by atoms with van der Waals surface area (Å²) in [6, 6.07) is 11.2. The standard InChI is InChI=1S/C23H26N2O4/c1-4-15-7-5-6-8-18(15)25-22(26)13-19(23(25)27)24-10-9-16-11-20(28-2)21(29-3)12-17(16)14-24/h5-8,11-12,19H,4,9-10,13-14H2,1-3H3/t19-/m1/s1. The summed E-state index contributed by atoms with van der Waals surface area (Å²) in [7, 11) is 3.25. The number of hydrogen-bond acceptors (Lipinski definition) is 5. The third-order valence-electron chi connectivity index (χ3n) is 5.92. The quantitative estimate of drug-likeness (QED) is 0.730. The molecule has 1 fully saturated rings. The Bertz CT molecular complexity index is 956. The van der Waals surface area contributed by atoms with E-state index in [0.717, 1.165) is 36.2 Å². The number of aryl methyl sites for hydroxylation is 1. The number of amides is 2. The van der Waals surface area contributed by atoms with E-state index in [0.29, 0.717) is 18.0 Å². The number of hydrogen-bond donors (Lipinski definition) is 0. The third kappa shape index (κ3) is 3.38. The number of fused-ring (bicyclic) bond motifs is 1. The lowest BCUT2D eigenvalue weighted by Gasteiger charge is -2.32. The summed E-state index contributed by atoms with van der Waals surface area (Å²) < 4.78 is 10.8. The molecule has 0 bridgehead atoms. The summed E-state index contributed by atoms with van der Waals surface area (Å²) in [4.78, 5) is 29.5. The highest BCUT2D eigenvalue weighted by molar-refractivity contribution is 6.22. The van der Waals surface area contributed by atoms with Crippen molar-refractivity contribution in [3.8, 4) is 11.5 Å². The van der Waals surface area contributed by atoms with Gasteiger partial charge in [-0.05, 0) is 47.7 Å². The first-order chi connectivity index (χ1) is 14.1. The van der Waals surface area contributed by atoms with Crippen molar-refractivity contribution in [2.75, 3.05) is 25.7 Å². The van der Waals surface area contributed by atoms with Crippen LogP contribution in [0.25, 0.3) is 0 Å². The van der Waals surface area contributed by atoms with Crippen molar-refractivity contribution < 1.29 is 19.1 Å². The molecule has 2 heterocycles. The number of nitrogens with zero attached hydrogens (tertiary/aromatic N) is 2. The highest BCUT2D eigenvalue weighted by atomic mass is 16.5.